The van der Waals surface area contributed by atoms with Gasteiger partial charge in [-0.15, -0.1) is 37.2 Å². The Morgan fingerprint density at radius 1 is 1.12 bits per heavy atom. The summed E-state index contributed by atoms with van der Waals surface area (Å²) < 4.78 is 0. The maximum Gasteiger partial charge on any atom is 0.199 e. The standard InChI is InChI=1S/C15H16ClN7.3ClH/c1-9(17)13(20-11-4-2-10(16)3-5-11)15-21-14(22-23-15)12-6-7-18-8-19-12;;;/h2-9,13,20H,17H2,1H3,(H,21,22,23);3*1H. The molecule has 11 heteroatoms. The van der Waals surface area contributed by atoms with Crippen LogP contribution >= 0.6 is 48.8 Å². The Morgan fingerprint density at radius 3 is 2.38 bits per heavy atom. The van der Waals surface area contributed by atoms with E-state index in [1.807, 2.05) is 31.2 Å². The third-order valence-electron chi connectivity index (χ3n) is 3.30. The fourth-order valence-corrected chi connectivity index (χ4v) is 2.25. The van der Waals surface area contributed by atoms with Gasteiger partial charge in [0.2, 0.25) is 0 Å². The van der Waals surface area contributed by atoms with Crippen molar-refractivity contribution in [1.29, 1.82) is 0 Å². The number of nitrogens with one attached hydrogen (secondary N) is 2. The van der Waals surface area contributed by atoms with E-state index in [2.05, 4.69) is 30.5 Å². The van der Waals surface area contributed by atoms with Gasteiger partial charge in [-0.2, -0.15) is 5.10 Å². The molecule has 2 atom stereocenters. The van der Waals surface area contributed by atoms with Crippen LogP contribution in [0.25, 0.3) is 11.5 Å². The van der Waals surface area contributed by atoms with Crippen LogP contribution in [0, 0.1) is 0 Å². The molecule has 0 aliphatic carbocycles. The zero-order valence-electron chi connectivity index (χ0n) is 13.7. The molecule has 0 radical (unpaired) electrons. The zero-order chi connectivity index (χ0) is 16.2. The summed E-state index contributed by atoms with van der Waals surface area (Å²) in [5.74, 6) is 1.15. The van der Waals surface area contributed by atoms with Crippen LogP contribution in [0.3, 0.4) is 0 Å². The van der Waals surface area contributed by atoms with Crippen LogP contribution < -0.4 is 11.1 Å². The van der Waals surface area contributed by atoms with Gasteiger partial charge < -0.3 is 11.1 Å². The van der Waals surface area contributed by atoms with E-state index in [1.165, 1.54) is 6.33 Å². The molecule has 0 saturated heterocycles. The summed E-state index contributed by atoms with van der Waals surface area (Å²) in [5.41, 5.74) is 7.64. The second-order valence-electron chi connectivity index (χ2n) is 5.13. The minimum atomic E-state index is -0.223. The van der Waals surface area contributed by atoms with E-state index in [0.717, 1.165) is 5.69 Å². The first-order valence-corrected chi connectivity index (χ1v) is 7.47. The molecule has 7 nitrogen and oxygen atoms in total. The fourth-order valence-electron chi connectivity index (χ4n) is 2.13. The highest BCUT2D eigenvalue weighted by Gasteiger charge is 2.21. The second-order valence-corrected chi connectivity index (χ2v) is 5.56. The van der Waals surface area contributed by atoms with Crippen LogP contribution in [-0.4, -0.2) is 31.2 Å². The third-order valence-corrected chi connectivity index (χ3v) is 3.55. The monoisotopic (exact) mass is 437 g/mol. The summed E-state index contributed by atoms with van der Waals surface area (Å²) in [5, 5.41) is 11.1. The van der Waals surface area contributed by atoms with Crippen LogP contribution in [0.4, 0.5) is 5.69 Å². The van der Waals surface area contributed by atoms with Crippen molar-refractivity contribution >= 4 is 54.5 Å². The van der Waals surface area contributed by atoms with E-state index in [9.17, 15) is 0 Å². The lowest BCUT2D eigenvalue weighted by Gasteiger charge is -2.21. The molecule has 3 aromatic rings. The summed E-state index contributed by atoms with van der Waals surface area (Å²) in [6.45, 7) is 1.90. The van der Waals surface area contributed by atoms with E-state index >= 15 is 0 Å². The molecule has 2 aromatic heterocycles. The van der Waals surface area contributed by atoms with Crippen LogP contribution in [-0.2, 0) is 0 Å². The van der Waals surface area contributed by atoms with Crippen molar-refractivity contribution in [3.8, 4) is 11.5 Å². The summed E-state index contributed by atoms with van der Waals surface area (Å²) in [6.07, 6.45) is 3.10. The average Bonchev–Trinajstić information content (AvgIpc) is 3.04. The number of aromatic nitrogens is 5. The SMILES string of the molecule is CC(N)C(Nc1ccc(Cl)cc1)c1nc(-c2ccncn2)n[nH]1.Cl.Cl.Cl. The van der Waals surface area contributed by atoms with Gasteiger partial charge in [0.05, 0.1) is 0 Å². The Labute approximate surface area is 174 Å². The van der Waals surface area contributed by atoms with Crippen molar-refractivity contribution in [2.24, 2.45) is 5.73 Å². The molecule has 0 amide bonds. The highest BCUT2D eigenvalue weighted by Crippen LogP contribution is 2.22. The van der Waals surface area contributed by atoms with Crippen LogP contribution in [0.2, 0.25) is 5.02 Å². The van der Waals surface area contributed by atoms with Gasteiger partial charge in [0.1, 0.15) is 23.9 Å². The molecule has 0 aliphatic heterocycles. The minimum Gasteiger partial charge on any atom is -0.374 e. The number of H-pyrrole nitrogens is 1. The van der Waals surface area contributed by atoms with Gasteiger partial charge in [0, 0.05) is 22.9 Å². The van der Waals surface area contributed by atoms with Crippen molar-refractivity contribution in [3.05, 3.63) is 53.7 Å². The first kappa shape index (κ1) is 24.4. The number of nitrogens with two attached hydrogens (primary N) is 1. The normalized spacial score (nSPS) is 12.0. The zero-order valence-corrected chi connectivity index (χ0v) is 16.9. The molecule has 1 aromatic carbocycles. The number of aromatic amines is 1. The second kappa shape index (κ2) is 11.2. The highest BCUT2D eigenvalue weighted by atomic mass is 35.5. The van der Waals surface area contributed by atoms with Gasteiger partial charge in [-0.05, 0) is 37.3 Å². The van der Waals surface area contributed by atoms with Gasteiger partial charge >= 0.3 is 0 Å². The molecule has 4 N–H and O–H groups in total. The van der Waals surface area contributed by atoms with Crippen molar-refractivity contribution in [3.63, 3.8) is 0 Å². The number of rotatable bonds is 5. The summed E-state index contributed by atoms with van der Waals surface area (Å²) in [4.78, 5) is 12.5. The Morgan fingerprint density at radius 2 is 1.81 bits per heavy atom. The topological polar surface area (TPSA) is 105 Å². The van der Waals surface area contributed by atoms with E-state index < -0.39 is 0 Å². The molecule has 142 valence electrons. The van der Waals surface area contributed by atoms with Crippen molar-refractivity contribution in [2.45, 2.75) is 19.0 Å². The Bertz CT molecular complexity index is 765. The quantitative estimate of drug-likeness (QED) is 0.560. The largest absolute Gasteiger partial charge is 0.374 e. The molecule has 0 spiro atoms. The molecule has 0 aliphatic rings. The van der Waals surface area contributed by atoms with E-state index in [-0.39, 0.29) is 49.3 Å². The lowest BCUT2D eigenvalue weighted by atomic mass is 10.1. The Kier molecular flexibility index (Phi) is 10.4. The lowest BCUT2D eigenvalue weighted by molar-refractivity contribution is 0.595. The van der Waals surface area contributed by atoms with E-state index in [1.54, 1.807) is 12.3 Å². The molecule has 2 unspecified atom stereocenters. The fraction of sp³-hybridized carbons (Fsp3) is 0.200. The first-order valence-electron chi connectivity index (χ1n) is 7.10. The van der Waals surface area contributed by atoms with Crippen molar-refractivity contribution in [1.82, 2.24) is 25.1 Å². The number of benzene rings is 1. The maximum atomic E-state index is 6.09. The summed E-state index contributed by atoms with van der Waals surface area (Å²) in [7, 11) is 0. The average molecular weight is 439 g/mol. The van der Waals surface area contributed by atoms with Crippen molar-refractivity contribution < 1.29 is 0 Å². The molecule has 0 fully saturated rings. The Balaban J connectivity index is 0.00000208. The maximum absolute atomic E-state index is 6.09. The van der Waals surface area contributed by atoms with E-state index in [0.29, 0.717) is 22.4 Å². The van der Waals surface area contributed by atoms with Crippen molar-refractivity contribution in [2.75, 3.05) is 5.32 Å². The number of nitrogens with zero attached hydrogens (tertiary/aromatic N) is 4. The molecular formula is C15H19Cl4N7. The van der Waals surface area contributed by atoms with Gasteiger partial charge in [0.15, 0.2) is 5.82 Å². The molecular weight excluding hydrogens is 420 g/mol. The lowest BCUT2D eigenvalue weighted by Crippen LogP contribution is -2.31. The van der Waals surface area contributed by atoms with E-state index in [4.69, 9.17) is 17.3 Å². The molecule has 0 bridgehead atoms. The first-order chi connectivity index (χ1) is 11.1. The van der Waals surface area contributed by atoms with Gasteiger partial charge in [-0.1, -0.05) is 11.6 Å². The predicted molar refractivity (Wildman–Crippen MR) is 111 cm³/mol. The number of halogens is 4. The number of anilines is 1. The molecule has 0 saturated carbocycles. The third kappa shape index (κ3) is 5.96. The van der Waals surface area contributed by atoms with Crippen LogP contribution in [0.1, 0.15) is 18.8 Å². The summed E-state index contributed by atoms with van der Waals surface area (Å²) >= 11 is 5.91. The minimum absolute atomic E-state index is 0. The molecule has 2 heterocycles. The van der Waals surface area contributed by atoms with Gasteiger partial charge in [-0.3, -0.25) is 5.10 Å². The smallest absolute Gasteiger partial charge is 0.199 e. The molecule has 26 heavy (non-hydrogen) atoms. The number of hydrogen-bond acceptors (Lipinski definition) is 6. The summed E-state index contributed by atoms with van der Waals surface area (Å²) in [6, 6.07) is 8.75. The Hall–Kier alpha value is -1.64. The predicted octanol–water partition coefficient (Wildman–Crippen LogP) is 3.68. The van der Waals surface area contributed by atoms with Crippen LogP contribution in [0.15, 0.2) is 42.9 Å². The molecule has 3 rings (SSSR count). The van der Waals surface area contributed by atoms with Crippen LogP contribution in [0.5, 0.6) is 0 Å². The highest BCUT2D eigenvalue weighted by molar-refractivity contribution is 6.30. The number of hydrogen-bond donors (Lipinski definition) is 3. The van der Waals surface area contributed by atoms with Gasteiger partial charge in [0.25, 0.3) is 0 Å². The van der Waals surface area contributed by atoms with Gasteiger partial charge in [-0.25, -0.2) is 15.0 Å².